The molecule has 1 aromatic rings. The zero-order valence-electron chi connectivity index (χ0n) is 16.0. The number of carbonyl (C=O) groups is 2. The van der Waals surface area contributed by atoms with Gasteiger partial charge in [0.2, 0.25) is 0 Å². The van der Waals surface area contributed by atoms with Gasteiger partial charge in [-0.3, -0.25) is 0 Å². The quantitative estimate of drug-likeness (QED) is 0.713. The number of hydrogen-bond acceptors (Lipinski definition) is 5. The Labute approximate surface area is 170 Å². The van der Waals surface area contributed by atoms with Gasteiger partial charge in [-0.15, -0.1) is 13.2 Å². The Hall–Kier alpha value is -2.69. The Bertz CT molecular complexity index is 767. The third-order valence-corrected chi connectivity index (χ3v) is 5.25. The van der Waals surface area contributed by atoms with Crippen molar-refractivity contribution in [3.05, 3.63) is 29.8 Å². The minimum absolute atomic E-state index is 0.0550. The number of carboxylic acid groups (broad SMARTS) is 1. The molecule has 0 radical (unpaired) electrons. The largest absolute Gasteiger partial charge is 0.573 e. The molecule has 11 heteroatoms. The number of amides is 2. The van der Waals surface area contributed by atoms with Crippen molar-refractivity contribution in [3.63, 3.8) is 0 Å². The summed E-state index contributed by atoms with van der Waals surface area (Å²) < 4.78 is 46.5. The Morgan fingerprint density at radius 2 is 1.80 bits per heavy atom. The molecule has 1 aromatic carbocycles. The van der Waals surface area contributed by atoms with Gasteiger partial charge in [0.05, 0.1) is 12.6 Å². The van der Waals surface area contributed by atoms with Crippen LogP contribution in [0.4, 0.5) is 22.8 Å². The maximum Gasteiger partial charge on any atom is 0.573 e. The lowest BCUT2D eigenvalue weighted by Gasteiger charge is -2.41. The van der Waals surface area contributed by atoms with Crippen molar-refractivity contribution in [1.82, 2.24) is 9.80 Å². The average molecular weight is 432 g/mol. The Morgan fingerprint density at radius 3 is 2.43 bits per heavy atom. The number of halogens is 3. The van der Waals surface area contributed by atoms with E-state index in [9.17, 15) is 27.9 Å². The molecule has 0 bridgehead atoms. The van der Waals surface area contributed by atoms with Crippen LogP contribution in [0, 0.1) is 0 Å². The predicted octanol–water partition coefficient (Wildman–Crippen LogP) is 3.01. The smallest absolute Gasteiger partial charge is 0.450 e. The molecule has 0 spiro atoms. The summed E-state index contributed by atoms with van der Waals surface area (Å²) in [6.07, 6.45) is -6.45. The highest BCUT2D eigenvalue weighted by molar-refractivity contribution is 5.75. The van der Waals surface area contributed by atoms with E-state index >= 15 is 0 Å². The number of hydrogen-bond donors (Lipinski definition) is 2. The lowest BCUT2D eigenvalue weighted by Crippen LogP contribution is -2.53. The van der Waals surface area contributed by atoms with Crippen LogP contribution < -0.4 is 4.74 Å². The van der Waals surface area contributed by atoms with Crippen LogP contribution in [0.5, 0.6) is 5.75 Å². The first-order valence-corrected chi connectivity index (χ1v) is 9.58. The van der Waals surface area contributed by atoms with Gasteiger partial charge in [-0.2, -0.15) is 0 Å². The third-order valence-electron chi connectivity index (χ3n) is 5.25. The third kappa shape index (κ3) is 5.91. The molecular weight excluding hydrogens is 409 g/mol. The molecular formula is C19H23F3N2O6. The number of aliphatic hydroxyl groups excluding tert-OH is 1. The minimum atomic E-state index is -4.83. The van der Waals surface area contributed by atoms with E-state index in [1.54, 1.807) is 11.0 Å². The molecule has 30 heavy (non-hydrogen) atoms. The summed E-state index contributed by atoms with van der Waals surface area (Å²) in [5.74, 6) is -0.816. The number of aliphatic hydroxyl groups is 1. The van der Waals surface area contributed by atoms with Crippen molar-refractivity contribution in [2.75, 3.05) is 26.2 Å². The Balaban J connectivity index is 1.77. The van der Waals surface area contributed by atoms with E-state index in [4.69, 9.17) is 9.84 Å². The van der Waals surface area contributed by atoms with Crippen LogP contribution in [0.3, 0.4) is 0 Å². The SMILES string of the molecule is O=C(O)OC1CC(c2cccc(OC(F)(F)F)c2)CN(C(=O)N2CCC(O)CC2)C1. The van der Waals surface area contributed by atoms with Gasteiger partial charge in [0.1, 0.15) is 11.9 Å². The van der Waals surface area contributed by atoms with Gasteiger partial charge in [0.25, 0.3) is 0 Å². The Morgan fingerprint density at radius 1 is 1.10 bits per heavy atom. The molecule has 166 valence electrons. The van der Waals surface area contributed by atoms with Crippen LogP contribution in [-0.4, -0.2) is 76.9 Å². The summed E-state index contributed by atoms with van der Waals surface area (Å²) in [6.45, 7) is 1.01. The van der Waals surface area contributed by atoms with Gasteiger partial charge in [-0.25, -0.2) is 9.59 Å². The van der Waals surface area contributed by atoms with Gasteiger partial charge < -0.3 is 29.5 Å². The highest BCUT2D eigenvalue weighted by atomic mass is 19.4. The molecule has 2 unspecified atom stereocenters. The van der Waals surface area contributed by atoms with Crippen LogP contribution in [0.25, 0.3) is 0 Å². The number of ether oxygens (including phenoxy) is 2. The summed E-state index contributed by atoms with van der Waals surface area (Å²) in [4.78, 5) is 27.0. The predicted molar refractivity (Wildman–Crippen MR) is 97.2 cm³/mol. The second-order valence-corrected chi connectivity index (χ2v) is 7.46. The molecule has 3 rings (SSSR count). The van der Waals surface area contributed by atoms with E-state index in [0.717, 1.165) is 0 Å². The highest BCUT2D eigenvalue weighted by Gasteiger charge is 2.36. The fourth-order valence-electron chi connectivity index (χ4n) is 3.90. The number of piperidine rings is 2. The van der Waals surface area contributed by atoms with Crippen LogP contribution in [0.15, 0.2) is 24.3 Å². The zero-order valence-corrected chi connectivity index (χ0v) is 16.0. The van der Waals surface area contributed by atoms with E-state index in [0.29, 0.717) is 31.5 Å². The first-order valence-electron chi connectivity index (χ1n) is 9.58. The van der Waals surface area contributed by atoms with Gasteiger partial charge in [0, 0.05) is 25.6 Å². The molecule has 2 fully saturated rings. The van der Waals surface area contributed by atoms with Crippen LogP contribution in [0.1, 0.15) is 30.7 Å². The van der Waals surface area contributed by atoms with Gasteiger partial charge >= 0.3 is 18.5 Å². The van der Waals surface area contributed by atoms with Crippen molar-refractivity contribution >= 4 is 12.2 Å². The first kappa shape index (κ1) is 22.0. The normalized spacial score (nSPS) is 23.2. The number of rotatable bonds is 3. The van der Waals surface area contributed by atoms with Crippen LogP contribution in [-0.2, 0) is 4.74 Å². The zero-order chi connectivity index (χ0) is 21.9. The Kier molecular flexibility index (Phi) is 6.59. The number of nitrogens with zero attached hydrogens (tertiary/aromatic N) is 2. The van der Waals surface area contributed by atoms with Crippen molar-refractivity contribution in [2.24, 2.45) is 0 Å². The van der Waals surface area contributed by atoms with E-state index in [1.807, 2.05) is 0 Å². The molecule has 2 aliphatic heterocycles. The van der Waals surface area contributed by atoms with E-state index in [2.05, 4.69) is 4.74 Å². The molecule has 2 amide bonds. The second-order valence-electron chi connectivity index (χ2n) is 7.46. The van der Waals surface area contributed by atoms with Crippen molar-refractivity contribution in [3.8, 4) is 5.75 Å². The summed E-state index contributed by atoms with van der Waals surface area (Å²) in [6, 6.07) is 5.12. The average Bonchev–Trinajstić information content (AvgIpc) is 2.66. The molecule has 0 aromatic heterocycles. The number of alkyl halides is 3. The van der Waals surface area contributed by atoms with Gasteiger partial charge in [0.15, 0.2) is 0 Å². The standard InChI is InChI=1S/C19H23F3N2O6/c20-19(21,22)30-15-3-1-2-12(8-15)13-9-16(29-18(27)28)11-24(10-13)17(26)23-6-4-14(25)5-7-23/h1-3,8,13-14,16,25H,4-7,9-11H2,(H,27,28). The summed E-state index contributed by atoms with van der Waals surface area (Å²) in [5.41, 5.74) is 0.488. The first-order chi connectivity index (χ1) is 14.1. The molecule has 2 aliphatic rings. The molecule has 2 heterocycles. The van der Waals surface area contributed by atoms with E-state index in [1.165, 1.54) is 23.1 Å². The van der Waals surface area contributed by atoms with Gasteiger partial charge in [-0.05, 0) is 37.0 Å². The highest BCUT2D eigenvalue weighted by Crippen LogP contribution is 2.32. The monoisotopic (exact) mass is 432 g/mol. The van der Waals surface area contributed by atoms with Crippen LogP contribution >= 0.6 is 0 Å². The summed E-state index contributed by atoms with van der Waals surface area (Å²) >= 11 is 0. The van der Waals surface area contributed by atoms with Gasteiger partial charge in [-0.1, -0.05) is 12.1 Å². The molecule has 2 N–H and O–H groups in total. The van der Waals surface area contributed by atoms with Crippen molar-refractivity contribution in [2.45, 2.75) is 43.8 Å². The maximum absolute atomic E-state index is 12.9. The minimum Gasteiger partial charge on any atom is -0.450 e. The topological polar surface area (TPSA) is 99.5 Å². The molecule has 0 saturated carbocycles. The molecule has 8 nitrogen and oxygen atoms in total. The summed E-state index contributed by atoms with van der Waals surface area (Å²) in [5, 5.41) is 18.6. The maximum atomic E-state index is 12.9. The van der Waals surface area contributed by atoms with Crippen molar-refractivity contribution < 1.29 is 42.4 Å². The van der Waals surface area contributed by atoms with Crippen molar-refractivity contribution in [1.29, 1.82) is 0 Å². The fraction of sp³-hybridized carbons (Fsp3) is 0.579. The lowest BCUT2D eigenvalue weighted by molar-refractivity contribution is -0.274. The van der Waals surface area contributed by atoms with Crippen LogP contribution in [0.2, 0.25) is 0 Å². The fourth-order valence-corrected chi connectivity index (χ4v) is 3.90. The van der Waals surface area contributed by atoms with E-state index in [-0.39, 0.29) is 31.3 Å². The molecule has 2 atom stereocenters. The number of urea groups is 1. The number of benzene rings is 1. The summed E-state index contributed by atoms with van der Waals surface area (Å²) in [7, 11) is 0. The van der Waals surface area contributed by atoms with E-state index < -0.39 is 30.6 Å². The number of likely N-dealkylation sites (tertiary alicyclic amines) is 2. The second kappa shape index (κ2) is 8.99. The molecule has 2 saturated heterocycles. The lowest BCUT2D eigenvalue weighted by atomic mass is 9.89. The molecule has 0 aliphatic carbocycles. The number of carbonyl (C=O) groups excluding carboxylic acids is 1.